The number of hydrogen-bond acceptors (Lipinski definition) is 8. The molecule has 0 saturated heterocycles. The summed E-state index contributed by atoms with van der Waals surface area (Å²) in [5.74, 6) is 0.278. The van der Waals surface area contributed by atoms with Crippen molar-refractivity contribution in [2.45, 2.75) is 6.92 Å². The molecule has 10 nitrogen and oxygen atoms in total. The minimum atomic E-state index is -2.69. The van der Waals surface area contributed by atoms with Gasteiger partial charge in [-0.1, -0.05) is 23.8 Å². The first kappa shape index (κ1) is 18.1. The topological polar surface area (TPSA) is 119 Å². The molecule has 10 heteroatoms. The Morgan fingerprint density at radius 1 is 1.12 bits per heavy atom. The first-order valence-corrected chi connectivity index (χ1v) is 9.96. The maximum atomic E-state index is 12.8. The SMILES string of the molecule is [2H]C([2H])([2H])NC(=O)c1cnc(Nc2ccc(C)cc2)nc1Nc1cccc(-c2ncn(C)n2)c1OC. The molecule has 0 bridgehead atoms. The largest absolute Gasteiger partial charge is 0.494 e. The summed E-state index contributed by atoms with van der Waals surface area (Å²) in [6, 6.07) is 12.9. The van der Waals surface area contributed by atoms with Gasteiger partial charge in [-0.05, 0) is 31.2 Å². The van der Waals surface area contributed by atoms with Gasteiger partial charge in [-0.2, -0.15) is 10.1 Å². The summed E-state index contributed by atoms with van der Waals surface area (Å²) in [4.78, 5) is 25.7. The molecule has 0 spiro atoms. The summed E-state index contributed by atoms with van der Waals surface area (Å²) < 4.78 is 29.4. The second-order valence-electron chi connectivity index (χ2n) is 7.15. The molecule has 2 aromatic heterocycles. The van der Waals surface area contributed by atoms with E-state index in [4.69, 9.17) is 8.85 Å². The van der Waals surface area contributed by atoms with Crippen LogP contribution in [0.25, 0.3) is 11.4 Å². The van der Waals surface area contributed by atoms with Crippen LogP contribution < -0.4 is 20.7 Å². The first-order chi connectivity index (χ1) is 17.1. The average Bonchev–Trinajstić information content (AvgIpc) is 3.25. The molecule has 2 heterocycles. The van der Waals surface area contributed by atoms with Gasteiger partial charge >= 0.3 is 0 Å². The molecule has 0 fully saturated rings. The molecule has 1 amide bonds. The molecule has 0 saturated carbocycles. The standard InChI is InChI=1S/C23H24N8O2/c1-14-8-10-15(11-9-14)27-23-25-12-17(22(32)24-2)21(29-23)28-18-7-5-6-16(19(18)33-4)20-26-13-31(3)30-20/h5-13H,1-4H3,(H,24,32)(H2,25,27,28,29)/i2D3. The Hall–Kier alpha value is -4.47. The smallest absolute Gasteiger partial charge is 0.256 e. The van der Waals surface area contributed by atoms with Crippen molar-refractivity contribution < 1.29 is 13.6 Å². The summed E-state index contributed by atoms with van der Waals surface area (Å²) in [7, 11) is 3.25. The highest BCUT2D eigenvalue weighted by Gasteiger charge is 2.19. The average molecular weight is 448 g/mol. The second kappa shape index (κ2) is 9.35. The first-order valence-electron chi connectivity index (χ1n) is 11.5. The van der Waals surface area contributed by atoms with E-state index in [9.17, 15) is 4.79 Å². The summed E-state index contributed by atoms with van der Waals surface area (Å²) in [5, 5.41) is 12.5. The van der Waals surface area contributed by atoms with Gasteiger partial charge in [0.05, 0.1) is 18.4 Å². The molecule has 0 aliphatic heterocycles. The molecular weight excluding hydrogens is 420 g/mol. The fraction of sp³-hybridized carbons (Fsp3) is 0.174. The number of ether oxygens (including phenoxy) is 1. The van der Waals surface area contributed by atoms with Gasteiger partial charge in [0, 0.05) is 30.0 Å². The van der Waals surface area contributed by atoms with E-state index >= 15 is 0 Å². The molecule has 0 aliphatic rings. The monoisotopic (exact) mass is 447 g/mol. The Morgan fingerprint density at radius 3 is 2.64 bits per heavy atom. The third-order valence-electron chi connectivity index (χ3n) is 4.77. The van der Waals surface area contributed by atoms with Crippen molar-refractivity contribution in [1.82, 2.24) is 30.0 Å². The van der Waals surface area contributed by atoms with Gasteiger partial charge in [0.15, 0.2) is 11.6 Å². The minimum Gasteiger partial charge on any atom is -0.494 e. The number of nitrogens with zero attached hydrogens (tertiary/aromatic N) is 5. The van der Waals surface area contributed by atoms with Gasteiger partial charge < -0.3 is 20.7 Å². The lowest BCUT2D eigenvalue weighted by atomic mass is 10.1. The van der Waals surface area contributed by atoms with Crippen LogP contribution in [-0.4, -0.2) is 44.7 Å². The van der Waals surface area contributed by atoms with Crippen LogP contribution >= 0.6 is 0 Å². The van der Waals surface area contributed by atoms with Crippen molar-refractivity contribution in [2.24, 2.45) is 7.05 Å². The van der Waals surface area contributed by atoms with Crippen LogP contribution in [0.3, 0.4) is 0 Å². The van der Waals surface area contributed by atoms with Crippen molar-refractivity contribution in [3.05, 3.63) is 66.1 Å². The van der Waals surface area contributed by atoms with Crippen molar-refractivity contribution in [3.63, 3.8) is 0 Å². The van der Waals surface area contributed by atoms with Crippen molar-refractivity contribution in [3.8, 4) is 17.1 Å². The van der Waals surface area contributed by atoms with Gasteiger partial charge in [0.1, 0.15) is 17.7 Å². The number of aromatic nitrogens is 5. The highest BCUT2D eigenvalue weighted by atomic mass is 16.5. The summed E-state index contributed by atoms with van der Waals surface area (Å²) >= 11 is 0. The van der Waals surface area contributed by atoms with E-state index in [1.54, 1.807) is 36.3 Å². The fourth-order valence-corrected chi connectivity index (χ4v) is 3.16. The Bertz CT molecular complexity index is 1390. The zero-order valence-electron chi connectivity index (χ0n) is 21.2. The van der Waals surface area contributed by atoms with Gasteiger partial charge in [-0.3, -0.25) is 9.48 Å². The summed E-state index contributed by atoms with van der Waals surface area (Å²) in [6.07, 6.45) is 2.82. The molecular formula is C23H24N8O2. The number of nitrogens with one attached hydrogen (secondary N) is 3. The van der Waals surface area contributed by atoms with Gasteiger partial charge in [-0.25, -0.2) is 9.97 Å². The predicted octanol–water partition coefficient (Wildman–Crippen LogP) is 3.44. The molecule has 33 heavy (non-hydrogen) atoms. The van der Waals surface area contributed by atoms with E-state index < -0.39 is 12.9 Å². The lowest BCUT2D eigenvalue weighted by Crippen LogP contribution is -2.20. The number of benzene rings is 2. The van der Waals surface area contributed by atoms with E-state index in [-0.39, 0.29) is 17.3 Å². The normalized spacial score (nSPS) is 12.3. The van der Waals surface area contributed by atoms with Gasteiger partial charge in [-0.15, -0.1) is 0 Å². The number of hydrogen-bond donors (Lipinski definition) is 3. The van der Waals surface area contributed by atoms with E-state index in [0.29, 0.717) is 22.8 Å². The van der Waals surface area contributed by atoms with Crippen LogP contribution in [-0.2, 0) is 7.05 Å². The van der Waals surface area contributed by atoms with Crippen LogP contribution in [0, 0.1) is 6.92 Å². The number of amides is 1. The minimum absolute atomic E-state index is 0.0657. The lowest BCUT2D eigenvalue weighted by molar-refractivity contribution is 0.0963. The highest BCUT2D eigenvalue weighted by molar-refractivity contribution is 5.99. The maximum absolute atomic E-state index is 12.8. The van der Waals surface area contributed by atoms with Crippen LogP contribution in [0.2, 0.25) is 0 Å². The van der Waals surface area contributed by atoms with Crippen molar-refractivity contribution in [2.75, 3.05) is 24.7 Å². The number of rotatable bonds is 7. The number of para-hydroxylation sites is 1. The third kappa shape index (κ3) is 4.74. The van der Waals surface area contributed by atoms with Crippen LogP contribution in [0.4, 0.5) is 23.1 Å². The van der Waals surface area contributed by atoms with E-state index in [1.807, 2.05) is 36.5 Å². The van der Waals surface area contributed by atoms with E-state index in [2.05, 4.69) is 30.7 Å². The molecule has 168 valence electrons. The summed E-state index contributed by atoms with van der Waals surface area (Å²) in [6.45, 7) is -0.710. The van der Waals surface area contributed by atoms with Gasteiger partial charge in [0.25, 0.3) is 5.91 Å². The van der Waals surface area contributed by atoms with E-state index in [0.717, 1.165) is 11.3 Å². The van der Waals surface area contributed by atoms with Crippen molar-refractivity contribution in [1.29, 1.82) is 0 Å². The molecule has 4 aromatic rings. The number of methoxy groups -OCH3 is 1. The molecule has 0 radical (unpaired) electrons. The van der Waals surface area contributed by atoms with Crippen LogP contribution in [0.1, 0.15) is 20.0 Å². The zero-order valence-corrected chi connectivity index (χ0v) is 18.2. The number of aryl methyl sites for hydroxylation is 2. The predicted molar refractivity (Wildman–Crippen MR) is 126 cm³/mol. The number of carbonyl (C=O) groups excluding carboxylic acids is 1. The fourth-order valence-electron chi connectivity index (χ4n) is 3.16. The second-order valence-corrected chi connectivity index (χ2v) is 7.15. The number of carbonyl (C=O) groups is 1. The third-order valence-corrected chi connectivity index (χ3v) is 4.77. The lowest BCUT2D eigenvalue weighted by Gasteiger charge is -2.16. The molecule has 0 unspecified atom stereocenters. The Balaban J connectivity index is 1.74. The van der Waals surface area contributed by atoms with Crippen LogP contribution in [0.5, 0.6) is 5.75 Å². The zero-order chi connectivity index (χ0) is 25.9. The Kier molecular flexibility index (Phi) is 5.14. The highest BCUT2D eigenvalue weighted by Crippen LogP contribution is 2.36. The number of anilines is 4. The molecule has 0 aliphatic carbocycles. The molecule has 2 aromatic carbocycles. The van der Waals surface area contributed by atoms with Gasteiger partial charge in [0.2, 0.25) is 5.95 Å². The quantitative estimate of drug-likeness (QED) is 0.394. The van der Waals surface area contributed by atoms with Crippen LogP contribution in [0.15, 0.2) is 55.0 Å². The Labute approximate surface area is 195 Å². The maximum Gasteiger partial charge on any atom is 0.256 e. The van der Waals surface area contributed by atoms with E-state index in [1.165, 1.54) is 13.3 Å². The Morgan fingerprint density at radius 2 is 1.94 bits per heavy atom. The molecule has 4 rings (SSSR count). The molecule has 0 atom stereocenters. The summed E-state index contributed by atoms with van der Waals surface area (Å²) in [5.41, 5.74) is 2.85. The molecule has 3 N–H and O–H groups in total. The van der Waals surface area contributed by atoms with Crippen molar-refractivity contribution >= 4 is 29.0 Å².